The highest BCUT2D eigenvalue weighted by Gasteiger charge is 2.34. The van der Waals surface area contributed by atoms with E-state index in [1.165, 1.54) is 45.2 Å². The maximum Gasteiger partial charge on any atom is 0.311 e. The topological polar surface area (TPSA) is 29.5 Å². The first-order chi connectivity index (χ1) is 8.48. The molecule has 0 amide bonds. The molecule has 3 heteroatoms. The summed E-state index contributed by atoms with van der Waals surface area (Å²) in [4.78, 5) is 14.4. The van der Waals surface area contributed by atoms with Crippen LogP contribution in [0.4, 0.5) is 0 Å². The number of carbonyl (C=O) groups is 1. The van der Waals surface area contributed by atoms with Gasteiger partial charge in [0.2, 0.25) is 0 Å². The minimum atomic E-state index is -0.374. The molecule has 18 heavy (non-hydrogen) atoms. The number of esters is 1. The summed E-state index contributed by atoms with van der Waals surface area (Å²) in [6.45, 7) is 8.87. The van der Waals surface area contributed by atoms with E-state index in [0.29, 0.717) is 18.6 Å². The molecule has 0 bridgehead atoms. The van der Waals surface area contributed by atoms with Crippen LogP contribution in [0.2, 0.25) is 0 Å². The summed E-state index contributed by atoms with van der Waals surface area (Å²) in [6.07, 6.45) is 6.44. The fourth-order valence-electron chi connectivity index (χ4n) is 3.17. The van der Waals surface area contributed by atoms with E-state index < -0.39 is 0 Å². The third-order valence-corrected chi connectivity index (χ3v) is 4.27. The van der Waals surface area contributed by atoms with E-state index in [0.717, 1.165) is 0 Å². The molecule has 2 aliphatic rings. The van der Waals surface area contributed by atoms with Crippen LogP contribution in [-0.4, -0.2) is 36.6 Å². The molecule has 0 unspecified atom stereocenters. The fourth-order valence-corrected chi connectivity index (χ4v) is 3.17. The molecule has 0 aromatic rings. The van der Waals surface area contributed by atoms with Crippen molar-refractivity contribution >= 4 is 5.97 Å². The van der Waals surface area contributed by atoms with Crippen LogP contribution in [0, 0.1) is 11.3 Å². The molecule has 2 heterocycles. The van der Waals surface area contributed by atoms with Gasteiger partial charge in [-0.3, -0.25) is 9.69 Å². The highest BCUT2D eigenvalue weighted by atomic mass is 16.5. The third kappa shape index (κ3) is 3.25. The van der Waals surface area contributed by atoms with Crippen LogP contribution >= 0.6 is 0 Å². The van der Waals surface area contributed by atoms with Crippen molar-refractivity contribution in [3.63, 3.8) is 0 Å². The first-order valence-electron chi connectivity index (χ1n) is 7.40. The molecule has 2 saturated heterocycles. The minimum Gasteiger partial charge on any atom is -0.465 e. The van der Waals surface area contributed by atoms with Gasteiger partial charge in [0.15, 0.2) is 0 Å². The van der Waals surface area contributed by atoms with E-state index in [1.807, 2.05) is 20.8 Å². The standard InChI is InChI=1S/C15H27NO2/c1-15(2,3)14(17)18-11-12-7-6-10-16-9-5-4-8-13(12)16/h12-13H,4-11H2,1-3H3/t12-,13-/m0/s1. The Morgan fingerprint density at radius 3 is 2.61 bits per heavy atom. The van der Waals surface area contributed by atoms with Crippen molar-refractivity contribution in [2.24, 2.45) is 11.3 Å². The summed E-state index contributed by atoms with van der Waals surface area (Å²) >= 11 is 0. The van der Waals surface area contributed by atoms with Crippen LogP contribution in [0.5, 0.6) is 0 Å². The normalized spacial score (nSPS) is 29.7. The van der Waals surface area contributed by atoms with E-state index in [1.54, 1.807) is 0 Å². The number of piperidine rings is 2. The largest absolute Gasteiger partial charge is 0.465 e. The summed E-state index contributed by atoms with van der Waals surface area (Å²) in [5, 5.41) is 0. The zero-order valence-electron chi connectivity index (χ0n) is 12.1. The highest BCUT2D eigenvalue weighted by molar-refractivity contribution is 5.75. The Morgan fingerprint density at radius 2 is 1.89 bits per heavy atom. The average molecular weight is 253 g/mol. The molecule has 2 atom stereocenters. The van der Waals surface area contributed by atoms with Crippen molar-refractivity contribution in [3.8, 4) is 0 Å². The van der Waals surface area contributed by atoms with Crippen molar-refractivity contribution in [2.45, 2.75) is 58.9 Å². The van der Waals surface area contributed by atoms with Gasteiger partial charge in [0.1, 0.15) is 0 Å². The molecular formula is C15H27NO2. The van der Waals surface area contributed by atoms with Crippen LogP contribution in [0.3, 0.4) is 0 Å². The van der Waals surface area contributed by atoms with Crippen molar-refractivity contribution in [2.75, 3.05) is 19.7 Å². The van der Waals surface area contributed by atoms with E-state index in [2.05, 4.69) is 4.90 Å². The Labute approximate surface area is 111 Å². The number of rotatable bonds is 2. The third-order valence-electron chi connectivity index (χ3n) is 4.27. The van der Waals surface area contributed by atoms with Gasteiger partial charge in [-0.25, -0.2) is 0 Å². The van der Waals surface area contributed by atoms with E-state index >= 15 is 0 Å². The first-order valence-corrected chi connectivity index (χ1v) is 7.40. The molecule has 2 aliphatic heterocycles. The van der Waals surface area contributed by atoms with E-state index in [-0.39, 0.29) is 11.4 Å². The quantitative estimate of drug-likeness (QED) is 0.709. The fraction of sp³-hybridized carbons (Fsp3) is 0.933. The molecule has 0 radical (unpaired) electrons. The smallest absolute Gasteiger partial charge is 0.311 e. The van der Waals surface area contributed by atoms with Crippen molar-refractivity contribution < 1.29 is 9.53 Å². The number of ether oxygens (including phenoxy) is 1. The summed E-state index contributed by atoms with van der Waals surface area (Å²) in [5.41, 5.74) is -0.374. The molecule has 3 nitrogen and oxygen atoms in total. The molecule has 0 aliphatic carbocycles. The monoisotopic (exact) mass is 253 g/mol. The van der Waals surface area contributed by atoms with Gasteiger partial charge < -0.3 is 4.74 Å². The number of carbonyl (C=O) groups excluding carboxylic acids is 1. The van der Waals surface area contributed by atoms with Gasteiger partial charge in [-0.1, -0.05) is 6.42 Å². The second kappa shape index (κ2) is 5.60. The van der Waals surface area contributed by atoms with Crippen molar-refractivity contribution in [1.29, 1.82) is 0 Å². The lowest BCUT2D eigenvalue weighted by molar-refractivity contribution is -0.155. The molecule has 0 aromatic heterocycles. The first kappa shape index (κ1) is 13.9. The zero-order valence-corrected chi connectivity index (χ0v) is 12.1. The summed E-state index contributed by atoms with van der Waals surface area (Å²) < 4.78 is 5.53. The van der Waals surface area contributed by atoms with Gasteiger partial charge in [-0.2, -0.15) is 0 Å². The zero-order chi connectivity index (χ0) is 13.2. The van der Waals surface area contributed by atoms with Gasteiger partial charge in [0, 0.05) is 12.0 Å². The molecule has 2 fully saturated rings. The lowest BCUT2D eigenvalue weighted by Gasteiger charge is -2.44. The molecule has 2 rings (SSSR count). The van der Waals surface area contributed by atoms with Crippen LogP contribution in [0.15, 0.2) is 0 Å². The maximum absolute atomic E-state index is 11.8. The van der Waals surface area contributed by atoms with Gasteiger partial charge in [-0.15, -0.1) is 0 Å². The maximum atomic E-state index is 11.8. The lowest BCUT2D eigenvalue weighted by atomic mass is 9.84. The molecule has 0 spiro atoms. The van der Waals surface area contributed by atoms with Crippen LogP contribution in [0.1, 0.15) is 52.9 Å². The SMILES string of the molecule is CC(C)(C)C(=O)OC[C@@H]1CCCN2CCCC[C@@H]12. The number of nitrogens with zero attached hydrogens (tertiary/aromatic N) is 1. The van der Waals surface area contributed by atoms with Crippen LogP contribution < -0.4 is 0 Å². The second-order valence-corrected chi connectivity index (χ2v) is 6.85. The number of hydrogen-bond donors (Lipinski definition) is 0. The van der Waals surface area contributed by atoms with Gasteiger partial charge in [0.05, 0.1) is 12.0 Å². The van der Waals surface area contributed by atoms with Gasteiger partial charge in [0.25, 0.3) is 0 Å². The summed E-state index contributed by atoms with van der Waals surface area (Å²) in [5.74, 6) is 0.501. The van der Waals surface area contributed by atoms with Crippen molar-refractivity contribution in [1.82, 2.24) is 4.90 Å². The molecule has 104 valence electrons. The Morgan fingerprint density at radius 1 is 1.17 bits per heavy atom. The van der Waals surface area contributed by atoms with E-state index in [4.69, 9.17) is 4.74 Å². The van der Waals surface area contributed by atoms with Crippen molar-refractivity contribution in [3.05, 3.63) is 0 Å². The van der Waals surface area contributed by atoms with Gasteiger partial charge >= 0.3 is 5.97 Å². The van der Waals surface area contributed by atoms with Crippen LogP contribution in [-0.2, 0) is 9.53 Å². The number of hydrogen-bond acceptors (Lipinski definition) is 3. The molecular weight excluding hydrogens is 226 g/mol. The molecule has 0 aromatic carbocycles. The predicted molar refractivity (Wildman–Crippen MR) is 72.4 cm³/mol. The Balaban J connectivity index is 1.86. The van der Waals surface area contributed by atoms with E-state index in [9.17, 15) is 4.79 Å². The molecule has 0 N–H and O–H groups in total. The summed E-state index contributed by atoms with van der Waals surface area (Å²) in [6, 6.07) is 0.667. The highest BCUT2D eigenvalue weighted by Crippen LogP contribution is 2.31. The van der Waals surface area contributed by atoms with Gasteiger partial charge in [-0.05, 0) is 59.5 Å². The van der Waals surface area contributed by atoms with Crippen LogP contribution in [0.25, 0.3) is 0 Å². The number of fused-ring (bicyclic) bond motifs is 1. The predicted octanol–water partition coefficient (Wildman–Crippen LogP) is 2.84. The second-order valence-electron chi connectivity index (χ2n) is 6.85. The minimum absolute atomic E-state index is 0.0598. The molecule has 0 saturated carbocycles. The Hall–Kier alpha value is -0.570. The Bertz CT molecular complexity index is 293. The Kier molecular flexibility index (Phi) is 4.31. The lowest BCUT2D eigenvalue weighted by Crippen LogP contribution is -2.49. The summed E-state index contributed by atoms with van der Waals surface area (Å²) in [7, 11) is 0. The average Bonchev–Trinajstić information content (AvgIpc) is 2.34.